The molecule has 2 fully saturated rings. The summed E-state index contributed by atoms with van der Waals surface area (Å²) in [6.07, 6.45) is 0. The number of nitrogens with zero attached hydrogens (tertiary/aromatic N) is 2. The predicted octanol–water partition coefficient (Wildman–Crippen LogP) is 1.53. The van der Waals surface area contributed by atoms with E-state index in [0.29, 0.717) is 19.8 Å². The Morgan fingerprint density at radius 3 is 2.68 bits per heavy atom. The molecule has 6 heteroatoms. The van der Waals surface area contributed by atoms with Gasteiger partial charge < -0.3 is 19.1 Å². The van der Waals surface area contributed by atoms with Crippen LogP contribution in [-0.2, 0) is 20.8 Å². The fourth-order valence-electron chi connectivity index (χ4n) is 3.55. The molecule has 0 aromatic heterocycles. The maximum atomic E-state index is 12.2. The predicted molar refractivity (Wildman–Crippen MR) is 94.6 cm³/mol. The highest BCUT2D eigenvalue weighted by Gasteiger charge is 2.42. The molecule has 0 aliphatic carbocycles. The summed E-state index contributed by atoms with van der Waals surface area (Å²) >= 11 is 0. The molecule has 0 bridgehead atoms. The van der Waals surface area contributed by atoms with Crippen molar-refractivity contribution in [2.75, 3.05) is 46.6 Å². The van der Waals surface area contributed by atoms with E-state index in [4.69, 9.17) is 14.2 Å². The van der Waals surface area contributed by atoms with Crippen LogP contribution in [0.2, 0.25) is 0 Å². The number of methoxy groups -OCH3 is 1. The summed E-state index contributed by atoms with van der Waals surface area (Å²) in [6.45, 7) is 8.40. The number of ether oxygens (including phenoxy) is 3. The molecule has 1 unspecified atom stereocenters. The maximum absolute atomic E-state index is 12.2. The topological polar surface area (TPSA) is 51.2 Å². The van der Waals surface area contributed by atoms with Crippen molar-refractivity contribution < 1.29 is 19.0 Å². The lowest BCUT2D eigenvalue weighted by molar-refractivity contribution is -0.147. The molecule has 2 saturated heterocycles. The van der Waals surface area contributed by atoms with E-state index in [-0.39, 0.29) is 18.6 Å². The smallest absolute Gasteiger partial charge is 0.248 e. The average Bonchev–Trinajstić information content (AvgIpc) is 2.75. The summed E-state index contributed by atoms with van der Waals surface area (Å²) in [5.74, 6) is 0.910. The van der Waals surface area contributed by atoms with Gasteiger partial charge in [-0.25, -0.2) is 0 Å². The number of hydrogen-bond donors (Lipinski definition) is 0. The number of morpholine rings is 1. The molecule has 25 heavy (non-hydrogen) atoms. The van der Waals surface area contributed by atoms with E-state index < -0.39 is 5.60 Å². The zero-order chi connectivity index (χ0) is 17.9. The Bertz CT molecular complexity index is 590. The molecule has 1 aromatic rings. The fraction of sp³-hybridized carbons (Fsp3) is 0.632. The van der Waals surface area contributed by atoms with E-state index in [2.05, 4.69) is 17.0 Å². The van der Waals surface area contributed by atoms with Crippen LogP contribution in [-0.4, -0.2) is 73.9 Å². The van der Waals surface area contributed by atoms with Crippen molar-refractivity contribution in [3.05, 3.63) is 29.8 Å². The summed E-state index contributed by atoms with van der Waals surface area (Å²) in [5.41, 5.74) is 0.797. The zero-order valence-electron chi connectivity index (χ0n) is 15.4. The molecule has 6 nitrogen and oxygen atoms in total. The minimum atomic E-state index is -0.443. The molecule has 138 valence electrons. The lowest BCUT2D eigenvalue weighted by Gasteiger charge is -2.44. The first kappa shape index (κ1) is 18.2. The van der Waals surface area contributed by atoms with E-state index in [1.807, 2.05) is 30.9 Å². The van der Waals surface area contributed by atoms with E-state index in [1.54, 1.807) is 7.11 Å². The van der Waals surface area contributed by atoms with Crippen molar-refractivity contribution >= 4 is 5.91 Å². The van der Waals surface area contributed by atoms with Gasteiger partial charge in [0.05, 0.1) is 26.9 Å². The van der Waals surface area contributed by atoms with Gasteiger partial charge in [0, 0.05) is 25.7 Å². The molecular weight excluding hydrogens is 320 g/mol. The molecule has 0 N–H and O–H groups in total. The van der Waals surface area contributed by atoms with Gasteiger partial charge in [-0.15, -0.1) is 0 Å². The first-order chi connectivity index (χ1) is 12.0. The summed E-state index contributed by atoms with van der Waals surface area (Å²) in [6, 6.07) is 8.30. The lowest BCUT2D eigenvalue weighted by atomic mass is 10.0. The van der Waals surface area contributed by atoms with Gasteiger partial charge in [-0.05, 0) is 31.5 Å². The standard InChI is InChI=1S/C19H28N2O4/c1-15(2)21-13-19(14-24-11-18(21)22)12-20(8-9-25-19)10-16-4-6-17(23-3)7-5-16/h4-7,15H,8-14H2,1-3H3. The summed E-state index contributed by atoms with van der Waals surface area (Å²) in [7, 11) is 1.68. The van der Waals surface area contributed by atoms with Gasteiger partial charge in [0.1, 0.15) is 18.0 Å². The first-order valence-corrected chi connectivity index (χ1v) is 8.88. The third kappa shape index (κ3) is 4.32. The SMILES string of the molecule is COc1ccc(CN2CCOC3(COCC(=O)N(C(C)C)C3)C2)cc1. The highest BCUT2D eigenvalue weighted by Crippen LogP contribution is 2.25. The van der Waals surface area contributed by atoms with Gasteiger partial charge in [0.15, 0.2) is 0 Å². The Balaban J connectivity index is 1.69. The number of benzene rings is 1. The minimum Gasteiger partial charge on any atom is -0.497 e. The minimum absolute atomic E-state index is 0.0442. The summed E-state index contributed by atoms with van der Waals surface area (Å²) in [5, 5.41) is 0. The van der Waals surface area contributed by atoms with Crippen LogP contribution in [0.15, 0.2) is 24.3 Å². The zero-order valence-corrected chi connectivity index (χ0v) is 15.4. The third-order valence-corrected chi connectivity index (χ3v) is 4.89. The molecule has 0 saturated carbocycles. The van der Waals surface area contributed by atoms with Crippen molar-refractivity contribution in [1.29, 1.82) is 0 Å². The van der Waals surface area contributed by atoms with E-state index in [0.717, 1.165) is 25.4 Å². The van der Waals surface area contributed by atoms with Crippen molar-refractivity contribution in [2.24, 2.45) is 0 Å². The molecule has 1 atom stereocenters. The fourth-order valence-corrected chi connectivity index (χ4v) is 3.55. The second-order valence-corrected chi connectivity index (χ2v) is 7.20. The number of rotatable bonds is 4. The molecule has 2 aliphatic heterocycles. The van der Waals surface area contributed by atoms with Crippen LogP contribution in [0.4, 0.5) is 0 Å². The number of amides is 1. The van der Waals surface area contributed by atoms with E-state index in [1.165, 1.54) is 5.56 Å². The first-order valence-electron chi connectivity index (χ1n) is 8.88. The monoisotopic (exact) mass is 348 g/mol. The number of carbonyl (C=O) groups excluding carboxylic acids is 1. The van der Waals surface area contributed by atoms with Crippen LogP contribution in [0.5, 0.6) is 5.75 Å². The van der Waals surface area contributed by atoms with Crippen LogP contribution in [0.1, 0.15) is 19.4 Å². The van der Waals surface area contributed by atoms with Crippen molar-refractivity contribution in [3.63, 3.8) is 0 Å². The molecule has 1 aromatic carbocycles. The Kier molecular flexibility index (Phi) is 5.61. The van der Waals surface area contributed by atoms with E-state index >= 15 is 0 Å². The van der Waals surface area contributed by atoms with Gasteiger partial charge in [0.25, 0.3) is 0 Å². The highest BCUT2D eigenvalue weighted by atomic mass is 16.5. The van der Waals surface area contributed by atoms with Gasteiger partial charge in [-0.1, -0.05) is 12.1 Å². The molecule has 0 radical (unpaired) electrons. The quantitative estimate of drug-likeness (QED) is 0.826. The lowest BCUT2D eigenvalue weighted by Crippen LogP contribution is -2.59. The molecule has 1 amide bonds. The third-order valence-electron chi connectivity index (χ3n) is 4.89. The molecular formula is C19H28N2O4. The summed E-state index contributed by atoms with van der Waals surface area (Å²) in [4.78, 5) is 16.5. The second kappa shape index (κ2) is 7.72. The van der Waals surface area contributed by atoms with Crippen LogP contribution >= 0.6 is 0 Å². The van der Waals surface area contributed by atoms with Crippen LogP contribution < -0.4 is 4.74 Å². The van der Waals surface area contributed by atoms with Crippen molar-refractivity contribution in [2.45, 2.75) is 32.0 Å². The van der Waals surface area contributed by atoms with Gasteiger partial charge >= 0.3 is 0 Å². The van der Waals surface area contributed by atoms with Gasteiger partial charge in [0.2, 0.25) is 5.91 Å². The Labute approximate surface area is 149 Å². The summed E-state index contributed by atoms with van der Waals surface area (Å²) < 4.78 is 17.0. The molecule has 2 heterocycles. The molecule has 1 spiro atoms. The van der Waals surface area contributed by atoms with E-state index in [9.17, 15) is 4.79 Å². The Morgan fingerprint density at radius 2 is 2.00 bits per heavy atom. The van der Waals surface area contributed by atoms with Crippen LogP contribution in [0.3, 0.4) is 0 Å². The Hall–Kier alpha value is -1.63. The molecule has 3 rings (SSSR count). The van der Waals surface area contributed by atoms with Crippen molar-refractivity contribution in [3.8, 4) is 5.75 Å². The maximum Gasteiger partial charge on any atom is 0.248 e. The average molecular weight is 348 g/mol. The van der Waals surface area contributed by atoms with Gasteiger partial charge in [-0.2, -0.15) is 0 Å². The van der Waals surface area contributed by atoms with Crippen LogP contribution in [0.25, 0.3) is 0 Å². The Morgan fingerprint density at radius 1 is 1.24 bits per heavy atom. The van der Waals surface area contributed by atoms with Crippen molar-refractivity contribution in [1.82, 2.24) is 9.80 Å². The normalized spacial score (nSPS) is 25.4. The number of hydrogen-bond acceptors (Lipinski definition) is 5. The van der Waals surface area contributed by atoms with Crippen LogP contribution in [0, 0.1) is 0 Å². The second-order valence-electron chi connectivity index (χ2n) is 7.20. The molecule has 2 aliphatic rings. The largest absolute Gasteiger partial charge is 0.497 e. The highest BCUT2D eigenvalue weighted by molar-refractivity contribution is 5.78. The number of carbonyl (C=O) groups is 1. The van der Waals surface area contributed by atoms with Gasteiger partial charge in [-0.3, -0.25) is 9.69 Å².